The zero-order valence-corrected chi connectivity index (χ0v) is 8.97. The van der Waals surface area contributed by atoms with Crippen molar-refractivity contribution in [2.24, 2.45) is 0 Å². The van der Waals surface area contributed by atoms with E-state index in [-0.39, 0.29) is 0 Å². The first-order valence-corrected chi connectivity index (χ1v) is 4.71. The molecule has 0 unspecified atom stereocenters. The molecule has 0 spiro atoms. The molecule has 0 saturated carbocycles. The van der Waals surface area contributed by atoms with Gasteiger partial charge in [-0.1, -0.05) is 17.7 Å². The first-order valence-electron chi connectivity index (χ1n) is 3.63. The fraction of sp³-hybridized carbons (Fsp3) is 0.333. The molecule has 0 radical (unpaired) electrons. The van der Waals surface area contributed by atoms with E-state index in [9.17, 15) is 0 Å². The molecular formula is C9H12IN. The molecule has 0 amide bonds. The number of nitrogens with one attached hydrogen (secondary N) is 1. The van der Waals surface area contributed by atoms with Crippen LogP contribution in [-0.2, 0) is 6.54 Å². The van der Waals surface area contributed by atoms with Crippen molar-refractivity contribution in [1.82, 2.24) is 5.32 Å². The molecule has 1 aromatic carbocycles. The lowest BCUT2D eigenvalue weighted by molar-refractivity contribution is 0.813. The van der Waals surface area contributed by atoms with Gasteiger partial charge in [-0.2, -0.15) is 0 Å². The Balaban J connectivity index is 2.93. The number of hydrogen-bond donors (Lipinski definition) is 1. The topological polar surface area (TPSA) is 12.0 Å². The Labute approximate surface area is 81.3 Å². The molecule has 1 aromatic rings. The molecule has 60 valence electrons. The predicted molar refractivity (Wildman–Crippen MR) is 56.7 cm³/mol. The molecule has 0 heterocycles. The van der Waals surface area contributed by atoms with Crippen LogP contribution < -0.4 is 5.32 Å². The van der Waals surface area contributed by atoms with Crippen LogP contribution in [0.3, 0.4) is 0 Å². The maximum atomic E-state index is 3.15. The average Bonchev–Trinajstić information content (AvgIpc) is 1.98. The Morgan fingerprint density at radius 1 is 1.45 bits per heavy atom. The highest BCUT2D eigenvalue weighted by molar-refractivity contribution is 14.1. The third kappa shape index (κ3) is 2.45. The molecule has 0 atom stereocenters. The van der Waals surface area contributed by atoms with Crippen molar-refractivity contribution in [3.05, 3.63) is 32.9 Å². The second-order valence-corrected chi connectivity index (χ2v) is 3.79. The molecule has 0 aliphatic carbocycles. The Morgan fingerprint density at radius 2 is 2.18 bits per heavy atom. The van der Waals surface area contributed by atoms with Crippen molar-refractivity contribution < 1.29 is 0 Å². The molecular weight excluding hydrogens is 249 g/mol. The van der Waals surface area contributed by atoms with Gasteiger partial charge in [0.15, 0.2) is 0 Å². The van der Waals surface area contributed by atoms with Crippen LogP contribution in [0.1, 0.15) is 11.1 Å². The van der Waals surface area contributed by atoms with Gasteiger partial charge in [0.05, 0.1) is 0 Å². The van der Waals surface area contributed by atoms with Crippen LogP contribution >= 0.6 is 22.6 Å². The molecule has 0 aliphatic heterocycles. The lowest BCUT2D eigenvalue weighted by Gasteiger charge is -2.03. The summed E-state index contributed by atoms with van der Waals surface area (Å²) in [5.74, 6) is 0. The summed E-state index contributed by atoms with van der Waals surface area (Å²) in [6, 6.07) is 6.52. The molecule has 0 bridgehead atoms. The van der Waals surface area contributed by atoms with Crippen molar-refractivity contribution in [3.63, 3.8) is 0 Å². The molecule has 1 N–H and O–H groups in total. The Kier molecular flexibility index (Phi) is 3.33. The van der Waals surface area contributed by atoms with Crippen LogP contribution in [0.2, 0.25) is 0 Å². The van der Waals surface area contributed by atoms with Gasteiger partial charge in [0.25, 0.3) is 0 Å². The number of rotatable bonds is 2. The minimum atomic E-state index is 0.958. The predicted octanol–water partition coefficient (Wildman–Crippen LogP) is 2.32. The average molecular weight is 261 g/mol. The van der Waals surface area contributed by atoms with Crippen molar-refractivity contribution in [1.29, 1.82) is 0 Å². The molecule has 0 saturated heterocycles. The fourth-order valence-electron chi connectivity index (χ4n) is 1.03. The third-order valence-corrected chi connectivity index (χ3v) is 2.62. The minimum absolute atomic E-state index is 0.958. The van der Waals surface area contributed by atoms with E-state index in [4.69, 9.17) is 0 Å². The van der Waals surface area contributed by atoms with Gasteiger partial charge in [-0.15, -0.1) is 0 Å². The molecule has 11 heavy (non-hydrogen) atoms. The first-order chi connectivity index (χ1) is 5.24. The summed E-state index contributed by atoms with van der Waals surface area (Å²) in [4.78, 5) is 0. The quantitative estimate of drug-likeness (QED) is 0.805. The van der Waals surface area contributed by atoms with Gasteiger partial charge < -0.3 is 5.32 Å². The summed E-state index contributed by atoms with van der Waals surface area (Å²) < 4.78 is 1.34. The highest BCUT2D eigenvalue weighted by Gasteiger charge is 1.96. The number of halogens is 1. The summed E-state index contributed by atoms with van der Waals surface area (Å²) in [6.07, 6.45) is 0. The standard InChI is InChI=1S/C9H12IN/c1-7-3-4-9(10)8(5-7)6-11-2/h3-5,11H,6H2,1-2H3. The van der Waals surface area contributed by atoms with Crippen LogP contribution in [-0.4, -0.2) is 7.05 Å². The fourth-order valence-corrected chi connectivity index (χ4v) is 1.56. The van der Waals surface area contributed by atoms with E-state index >= 15 is 0 Å². The highest BCUT2D eigenvalue weighted by Crippen LogP contribution is 2.13. The van der Waals surface area contributed by atoms with E-state index in [0.717, 1.165) is 6.54 Å². The molecule has 0 aliphatic rings. The largest absolute Gasteiger partial charge is 0.316 e. The second-order valence-electron chi connectivity index (χ2n) is 2.63. The SMILES string of the molecule is CNCc1cc(C)ccc1I. The Morgan fingerprint density at radius 3 is 2.82 bits per heavy atom. The number of benzene rings is 1. The second kappa shape index (κ2) is 4.07. The van der Waals surface area contributed by atoms with E-state index in [1.807, 2.05) is 7.05 Å². The van der Waals surface area contributed by atoms with Crippen LogP contribution in [0, 0.1) is 10.5 Å². The van der Waals surface area contributed by atoms with Crippen molar-refractivity contribution in [2.45, 2.75) is 13.5 Å². The van der Waals surface area contributed by atoms with Gasteiger partial charge in [0, 0.05) is 10.1 Å². The van der Waals surface area contributed by atoms with Crippen molar-refractivity contribution in [2.75, 3.05) is 7.05 Å². The molecule has 2 heteroatoms. The van der Waals surface area contributed by atoms with E-state index in [2.05, 4.69) is 53.0 Å². The van der Waals surface area contributed by atoms with Crippen LogP contribution in [0.25, 0.3) is 0 Å². The molecule has 1 rings (SSSR count). The van der Waals surface area contributed by atoms with Gasteiger partial charge in [0.1, 0.15) is 0 Å². The third-order valence-electron chi connectivity index (χ3n) is 1.57. The van der Waals surface area contributed by atoms with Gasteiger partial charge in [-0.25, -0.2) is 0 Å². The highest BCUT2D eigenvalue weighted by atomic mass is 127. The summed E-state index contributed by atoms with van der Waals surface area (Å²) >= 11 is 2.36. The number of aryl methyl sites for hydroxylation is 1. The lowest BCUT2D eigenvalue weighted by Crippen LogP contribution is -2.06. The minimum Gasteiger partial charge on any atom is -0.316 e. The Hall–Kier alpha value is -0.0900. The van der Waals surface area contributed by atoms with Crippen LogP contribution in [0.5, 0.6) is 0 Å². The van der Waals surface area contributed by atoms with E-state index in [0.29, 0.717) is 0 Å². The first kappa shape index (κ1) is 9.00. The van der Waals surface area contributed by atoms with E-state index in [1.165, 1.54) is 14.7 Å². The van der Waals surface area contributed by atoms with Gasteiger partial charge in [-0.05, 0) is 48.2 Å². The summed E-state index contributed by atoms with van der Waals surface area (Å²) in [7, 11) is 1.97. The smallest absolute Gasteiger partial charge is 0.0213 e. The summed E-state index contributed by atoms with van der Waals surface area (Å²) in [5, 5.41) is 3.15. The zero-order chi connectivity index (χ0) is 8.27. The maximum Gasteiger partial charge on any atom is 0.0213 e. The molecule has 0 aromatic heterocycles. The van der Waals surface area contributed by atoms with E-state index in [1.54, 1.807) is 0 Å². The van der Waals surface area contributed by atoms with Crippen molar-refractivity contribution >= 4 is 22.6 Å². The Bertz CT molecular complexity index is 245. The maximum absolute atomic E-state index is 3.15. The van der Waals surface area contributed by atoms with Gasteiger partial charge >= 0.3 is 0 Å². The molecule has 0 fully saturated rings. The number of hydrogen-bond acceptors (Lipinski definition) is 1. The molecule has 1 nitrogen and oxygen atoms in total. The van der Waals surface area contributed by atoms with Gasteiger partial charge in [-0.3, -0.25) is 0 Å². The van der Waals surface area contributed by atoms with E-state index < -0.39 is 0 Å². The van der Waals surface area contributed by atoms with Gasteiger partial charge in [0.2, 0.25) is 0 Å². The van der Waals surface area contributed by atoms with Crippen LogP contribution in [0.15, 0.2) is 18.2 Å². The summed E-state index contributed by atoms with van der Waals surface area (Å²) in [6.45, 7) is 3.08. The lowest BCUT2D eigenvalue weighted by atomic mass is 10.1. The van der Waals surface area contributed by atoms with Crippen LogP contribution in [0.4, 0.5) is 0 Å². The monoisotopic (exact) mass is 261 g/mol. The summed E-state index contributed by atoms with van der Waals surface area (Å²) in [5.41, 5.74) is 2.71. The zero-order valence-electron chi connectivity index (χ0n) is 6.82. The normalized spacial score (nSPS) is 10.1. The van der Waals surface area contributed by atoms with Crippen molar-refractivity contribution in [3.8, 4) is 0 Å².